The highest BCUT2D eigenvalue weighted by Crippen LogP contribution is 2.21. The summed E-state index contributed by atoms with van der Waals surface area (Å²) in [5, 5.41) is 3.97. The lowest BCUT2D eigenvalue weighted by molar-refractivity contribution is -0.115. The van der Waals surface area contributed by atoms with Gasteiger partial charge in [0, 0.05) is 13.5 Å². The first-order valence-electron chi connectivity index (χ1n) is 6.83. The van der Waals surface area contributed by atoms with Crippen molar-refractivity contribution in [2.24, 2.45) is 5.10 Å². The van der Waals surface area contributed by atoms with Crippen molar-refractivity contribution in [3.63, 3.8) is 0 Å². The number of ketones is 1. The molecule has 1 saturated carbocycles. The number of nitrogens with one attached hydrogen (secondary N) is 1. The minimum atomic E-state index is 0.318. The predicted molar refractivity (Wildman–Crippen MR) is 79.2 cm³/mol. The molecule has 19 heavy (non-hydrogen) atoms. The second-order valence-electron chi connectivity index (χ2n) is 4.80. The van der Waals surface area contributed by atoms with Gasteiger partial charge in [-0.15, -0.1) is 0 Å². The highest BCUT2D eigenvalue weighted by atomic mass is 16.1. The summed E-state index contributed by atoms with van der Waals surface area (Å²) < 4.78 is 0. The third kappa shape index (κ3) is 4.05. The quantitative estimate of drug-likeness (QED) is 0.390. The topological polar surface area (TPSA) is 41.5 Å². The summed E-state index contributed by atoms with van der Waals surface area (Å²) in [6.07, 6.45) is 8.77. The zero-order chi connectivity index (χ0) is 13.5. The van der Waals surface area contributed by atoms with Crippen molar-refractivity contribution in [1.82, 2.24) is 5.43 Å². The maximum atomic E-state index is 11.9. The molecule has 0 saturated heterocycles. The van der Waals surface area contributed by atoms with Gasteiger partial charge in [0.2, 0.25) is 0 Å². The Labute approximate surface area is 114 Å². The van der Waals surface area contributed by atoms with E-state index < -0.39 is 0 Å². The van der Waals surface area contributed by atoms with Crippen LogP contribution < -0.4 is 5.43 Å². The molecule has 0 aromatic heterocycles. The fourth-order valence-electron chi connectivity index (χ4n) is 2.25. The van der Waals surface area contributed by atoms with E-state index in [0.29, 0.717) is 12.2 Å². The van der Waals surface area contributed by atoms with Gasteiger partial charge in [-0.1, -0.05) is 30.7 Å². The van der Waals surface area contributed by atoms with E-state index in [0.717, 1.165) is 36.0 Å². The van der Waals surface area contributed by atoms with Crippen molar-refractivity contribution in [1.29, 1.82) is 0 Å². The van der Waals surface area contributed by atoms with Crippen molar-refractivity contribution >= 4 is 18.1 Å². The Morgan fingerprint density at radius 1 is 1.05 bits per heavy atom. The van der Waals surface area contributed by atoms with Crippen LogP contribution in [0.4, 0.5) is 0 Å². The maximum absolute atomic E-state index is 11.9. The van der Waals surface area contributed by atoms with Gasteiger partial charge in [0.25, 0.3) is 0 Å². The molecule has 3 heteroatoms. The lowest BCUT2D eigenvalue weighted by atomic mass is 10.0. The fraction of sp³-hybridized carbons (Fsp3) is 0.375. The molecule has 1 N–H and O–H groups in total. The number of hydrogen-bond acceptors (Lipinski definition) is 3. The summed E-state index contributed by atoms with van der Waals surface area (Å²) in [5.74, 6) is 0.318. The Hall–Kier alpha value is -1.90. The molecule has 2 rings (SSSR count). The summed E-state index contributed by atoms with van der Waals surface area (Å²) in [5.41, 5.74) is 5.84. The molecule has 0 unspecified atom stereocenters. The molecule has 100 valence electrons. The van der Waals surface area contributed by atoms with Crippen LogP contribution in [0, 0.1) is 0 Å². The van der Waals surface area contributed by atoms with E-state index in [1.54, 1.807) is 13.3 Å². The standard InChI is InChI=1S/C16H20N2O/c1-17-18-12-14-9-7-13(8-10-14)11-15-5-3-2-4-6-16(15)19/h7-12,17H,2-6H2,1H3/b15-11-,18-12-. The van der Waals surface area contributed by atoms with Crippen LogP contribution in [0.1, 0.15) is 43.2 Å². The van der Waals surface area contributed by atoms with Crippen molar-refractivity contribution in [2.45, 2.75) is 32.1 Å². The summed E-state index contributed by atoms with van der Waals surface area (Å²) in [6.45, 7) is 0. The van der Waals surface area contributed by atoms with E-state index in [-0.39, 0.29) is 0 Å². The van der Waals surface area contributed by atoms with Gasteiger partial charge in [-0.2, -0.15) is 5.10 Å². The number of benzene rings is 1. The van der Waals surface area contributed by atoms with Crippen LogP contribution >= 0.6 is 0 Å². The molecule has 0 bridgehead atoms. The Bertz CT molecular complexity index is 486. The first kappa shape index (κ1) is 13.5. The van der Waals surface area contributed by atoms with Gasteiger partial charge in [0.15, 0.2) is 5.78 Å². The number of nitrogens with zero attached hydrogens (tertiary/aromatic N) is 1. The number of allylic oxidation sites excluding steroid dienone is 1. The zero-order valence-electron chi connectivity index (χ0n) is 11.4. The van der Waals surface area contributed by atoms with Gasteiger partial charge in [-0.05, 0) is 42.0 Å². The number of carbonyl (C=O) groups is 1. The van der Waals surface area contributed by atoms with Crippen LogP contribution in [-0.4, -0.2) is 19.0 Å². The Kier molecular flexibility index (Phi) is 4.90. The third-order valence-electron chi connectivity index (χ3n) is 3.33. The molecule has 0 radical (unpaired) electrons. The van der Waals surface area contributed by atoms with Gasteiger partial charge in [-0.3, -0.25) is 4.79 Å². The molecular formula is C16H20N2O. The van der Waals surface area contributed by atoms with Gasteiger partial charge in [0.05, 0.1) is 6.21 Å². The molecule has 0 aliphatic heterocycles. The van der Waals surface area contributed by atoms with Crippen LogP contribution in [-0.2, 0) is 4.79 Å². The second-order valence-corrected chi connectivity index (χ2v) is 4.80. The van der Waals surface area contributed by atoms with E-state index in [2.05, 4.69) is 10.5 Å². The zero-order valence-corrected chi connectivity index (χ0v) is 11.4. The average Bonchev–Trinajstić information content (AvgIpc) is 2.63. The van der Waals surface area contributed by atoms with E-state index in [1.165, 1.54) is 6.42 Å². The highest BCUT2D eigenvalue weighted by molar-refractivity contribution is 5.99. The summed E-state index contributed by atoms with van der Waals surface area (Å²) in [7, 11) is 1.77. The van der Waals surface area contributed by atoms with Crippen LogP contribution in [0.25, 0.3) is 6.08 Å². The van der Waals surface area contributed by atoms with Gasteiger partial charge >= 0.3 is 0 Å². The molecule has 3 nitrogen and oxygen atoms in total. The van der Waals surface area contributed by atoms with E-state index in [4.69, 9.17) is 0 Å². The fourth-order valence-corrected chi connectivity index (χ4v) is 2.25. The minimum Gasteiger partial charge on any atom is -0.313 e. The highest BCUT2D eigenvalue weighted by Gasteiger charge is 2.12. The molecule has 1 aliphatic carbocycles. The Morgan fingerprint density at radius 3 is 2.47 bits per heavy atom. The predicted octanol–water partition coefficient (Wildman–Crippen LogP) is 3.16. The lowest BCUT2D eigenvalue weighted by Gasteiger charge is -2.02. The lowest BCUT2D eigenvalue weighted by Crippen LogP contribution is -1.99. The molecule has 1 fully saturated rings. The summed E-state index contributed by atoms with van der Waals surface area (Å²) >= 11 is 0. The van der Waals surface area contributed by atoms with E-state index >= 15 is 0 Å². The van der Waals surface area contributed by atoms with Crippen molar-refractivity contribution in [2.75, 3.05) is 7.05 Å². The maximum Gasteiger partial charge on any atom is 0.158 e. The number of rotatable bonds is 3. The molecule has 1 aliphatic rings. The Morgan fingerprint density at radius 2 is 1.74 bits per heavy atom. The summed E-state index contributed by atoms with van der Waals surface area (Å²) in [6, 6.07) is 8.08. The number of hydrogen-bond donors (Lipinski definition) is 1. The van der Waals surface area contributed by atoms with Crippen molar-refractivity contribution in [3.05, 3.63) is 41.0 Å². The van der Waals surface area contributed by atoms with Crippen molar-refractivity contribution in [3.8, 4) is 0 Å². The Balaban J connectivity index is 2.13. The normalized spacial score (nSPS) is 18.8. The smallest absolute Gasteiger partial charge is 0.158 e. The molecular weight excluding hydrogens is 236 g/mol. The van der Waals surface area contributed by atoms with Crippen molar-refractivity contribution < 1.29 is 4.79 Å². The van der Waals surface area contributed by atoms with E-state index in [1.807, 2.05) is 30.3 Å². The molecule has 0 heterocycles. The molecule has 0 amide bonds. The van der Waals surface area contributed by atoms with Crippen LogP contribution in [0.15, 0.2) is 34.9 Å². The largest absolute Gasteiger partial charge is 0.313 e. The van der Waals surface area contributed by atoms with Crippen LogP contribution in [0.2, 0.25) is 0 Å². The van der Waals surface area contributed by atoms with Gasteiger partial charge in [0.1, 0.15) is 0 Å². The van der Waals surface area contributed by atoms with Crippen LogP contribution in [0.5, 0.6) is 0 Å². The number of Topliss-reactive ketones (excluding diaryl/α,β-unsaturated/α-hetero) is 1. The molecule has 0 atom stereocenters. The summed E-state index contributed by atoms with van der Waals surface area (Å²) in [4.78, 5) is 11.9. The number of carbonyl (C=O) groups excluding carboxylic acids is 1. The first-order valence-corrected chi connectivity index (χ1v) is 6.83. The second kappa shape index (κ2) is 6.88. The molecule has 1 aromatic rings. The third-order valence-corrected chi connectivity index (χ3v) is 3.33. The molecule has 0 spiro atoms. The van der Waals surface area contributed by atoms with Gasteiger partial charge < -0.3 is 5.43 Å². The molecule has 1 aromatic carbocycles. The number of hydrazone groups is 1. The van der Waals surface area contributed by atoms with Crippen LogP contribution in [0.3, 0.4) is 0 Å². The monoisotopic (exact) mass is 256 g/mol. The SMILES string of the molecule is CN/N=C\c1ccc(/C=C2/CCCCCC2=O)cc1. The first-order chi connectivity index (χ1) is 9.29. The van der Waals surface area contributed by atoms with E-state index in [9.17, 15) is 4.79 Å². The minimum absolute atomic E-state index is 0.318. The van der Waals surface area contributed by atoms with Gasteiger partial charge in [-0.25, -0.2) is 0 Å². The average molecular weight is 256 g/mol.